The quantitative estimate of drug-likeness (QED) is 0.565. The second-order valence-corrected chi connectivity index (χ2v) is 9.89. The number of H-pyrrole nitrogens is 1. The Morgan fingerprint density at radius 2 is 2.06 bits per heavy atom. The molecule has 12 heteroatoms. The molecule has 2 N–H and O–H groups in total. The van der Waals surface area contributed by atoms with Crippen LogP contribution in [0.15, 0.2) is 11.1 Å². The molecule has 5 atom stereocenters. The summed E-state index contributed by atoms with van der Waals surface area (Å²) in [7, 11) is 0.579. The van der Waals surface area contributed by atoms with Crippen molar-refractivity contribution in [2.24, 2.45) is 0 Å². The van der Waals surface area contributed by atoms with E-state index in [0.717, 1.165) is 0 Å². The first-order chi connectivity index (χ1) is 15.6. The second-order valence-electron chi connectivity index (χ2n) is 8.29. The Balaban J connectivity index is 1.96. The third-order valence-electron chi connectivity index (χ3n) is 5.22. The highest BCUT2D eigenvalue weighted by Gasteiger charge is 2.47. The Kier molecular flexibility index (Phi) is 7.21. The molecule has 0 aliphatic carbocycles. The zero-order valence-corrected chi connectivity index (χ0v) is 20.4. The van der Waals surface area contributed by atoms with Gasteiger partial charge >= 0.3 is 0 Å². The zero-order valence-electron chi connectivity index (χ0n) is 20.5. The Hall–Kier alpha value is -1.91. The van der Waals surface area contributed by atoms with Crippen LogP contribution in [-0.2, 0) is 18.8 Å². The summed E-state index contributed by atoms with van der Waals surface area (Å²) in [4.78, 5) is 34.9. The highest BCUT2D eigenvalue weighted by molar-refractivity contribution is 7.49. The number of hydrogen-bond acceptors (Lipinski definition) is 8. The summed E-state index contributed by atoms with van der Waals surface area (Å²) in [5.74, 6) is -0.352. The lowest BCUT2D eigenvalue weighted by Gasteiger charge is -2.37. The van der Waals surface area contributed by atoms with Crippen LogP contribution in [-0.4, -0.2) is 74.3 Å². The average molecular weight is 470 g/mol. The summed E-state index contributed by atoms with van der Waals surface area (Å²) in [6.45, 7) is 11.8. The van der Waals surface area contributed by atoms with Gasteiger partial charge in [0.15, 0.2) is 17.4 Å². The number of carbonyl (C=O) groups excluding carboxylic acids is 1. The van der Waals surface area contributed by atoms with E-state index in [-0.39, 0.29) is 42.0 Å². The van der Waals surface area contributed by atoms with Crippen molar-refractivity contribution in [2.75, 3.05) is 19.1 Å². The van der Waals surface area contributed by atoms with E-state index >= 15 is 0 Å². The minimum atomic E-state index is -0.983. The van der Waals surface area contributed by atoms with Crippen LogP contribution in [0.25, 0.3) is 11.2 Å². The van der Waals surface area contributed by atoms with Gasteiger partial charge in [-0.1, -0.05) is 0 Å². The third kappa shape index (κ3) is 4.87. The van der Waals surface area contributed by atoms with Crippen LogP contribution in [0, 0.1) is 0 Å². The van der Waals surface area contributed by atoms with Gasteiger partial charge in [0, 0.05) is 27.5 Å². The molecule has 0 radical (unpaired) electrons. The van der Waals surface area contributed by atoms with E-state index in [9.17, 15) is 9.59 Å². The number of rotatable bonds is 8. The van der Waals surface area contributed by atoms with Gasteiger partial charge in [0.1, 0.15) is 20.5 Å². The summed E-state index contributed by atoms with van der Waals surface area (Å²) in [5, 5.41) is 2.48. The van der Waals surface area contributed by atoms with Gasteiger partial charge in [-0.15, -0.1) is 0 Å². The molecule has 2 unspecified atom stereocenters. The molecule has 1 aliphatic rings. The van der Waals surface area contributed by atoms with Crippen LogP contribution in [0.4, 0.5) is 5.95 Å². The molecule has 1 saturated heterocycles. The Morgan fingerprint density at radius 3 is 2.62 bits per heavy atom. The van der Waals surface area contributed by atoms with Crippen LogP contribution in [0.5, 0.6) is 0 Å². The fraction of sp³-hybridized carbons (Fsp3) is 0.700. The van der Waals surface area contributed by atoms with E-state index in [1.807, 2.05) is 6.66 Å². The smallest absolute Gasteiger partial charge is 0.280 e. The van der Waals surface area contributed by atoms with Crippen molar-refractivity contribution < 1.29 is 20.2 Å². The summed E-state index contributed by atoms with van der Waals surface area (Å²) < 4.78 is 30.4. The summed E-state index contributed by atoms with van der Waals surface area (Å²) in [5.41, 5.74) is -0.137. The molecule has 1 amide bonds. The van der Waals surface area contributed by atoms with Gasteiger partial charge in [-0.3, -0.25) is 29.1 Å². The summed E-state index contributed by atoms with van der Waals surface area (Å²) >= 11 is 0. The van der Waals surface area contributed by atoms with Gasteiger partial charge in [0.25, 0.3) is 5.56 Å². The number of hydrogen-bond donors (Lipinski definition) is 2. The number of amides is 1. The molecule has 0 spiro atoms. The van der Waals surface area contributed by atoms with Crippen molar-refractivity contribution in [2.45, 2.75) is 78.1 Å². The van der Waals surface area contributed by atoms with E-state index in [2.05, 4.69) is 52.6 Å². The molecule has 2 aromatic rings. The molecule has 3 heterocycles. The molecular formula is C20H33N6O5P. The van der Waals surface area contributed by atoms with Crippen LogP contribution >= 0.6 is 8.30 Å². The van der Waals surface area contributed by atoms with Crippen molar-refractivity contribution in [1.82, 2.24) is 24.2 Å². The first kappa shape index (κ1) is 23.3. The van der Waals surface area contributed by atoms with E-state index < -0.39 is 38.4 Å². The van der Waals surface area contributed by atoms with Gasteiger partial charge in [-0.05, 0) is 41.3 Å². The van der Waals surface area contributed by atoms with Gasteiger partial charge in [-0.25, -0.2) is 4.98 Å². The van der Waals surface area contributed by atoms with Crippen LogP contribution in [0.2, 0.25) is 0 Å². The molecule has 32 heavy (non-hydrogen) atoms. The third-order valence-corrected chi connectivity index (χ3v) is 7.34. The number of fused-ring (bicyclic) bond motifs is 1. The maximum absolute atomic E-state index is 12.4. The number of aromatic amines is 1. The standard InChI is InChI=1S/C20H33N6O5P/c1-10(2)26(11(3)4)32(8)31-15-12(5)30-19(16(15)29-7)25-9-21-14-17(25)23-20(22-13(6)27)24-18(14)28/h9-12,15-16,19H,1-8H3,(H2,22,23,24,27,28)/t12-,15?,16+,19-,32?/m1/s1/i5D. The molecule has 0 aromatic carbocycles. The van der Waals surface area contributed by atoms with Gasteiger partial charge in [-0.2, -0.15) is 4.98 Å². The number of imidazole rings is 1. The van der Waals surface area contributed by atoms with E-state index in [1.54, 1.807) is 11.7 Å². The highest BCUT2D eigenvalue weighted by atomic mass is 31.2. The van der Waals surface area contributed by atoms with Crippen molar-refractivity contribution >= 4 is 31.3 Å². The maximum Gasteiger partial charge on any atom is 0.280 e. The number of aromatic nitrogens is 4. The van der Waals surface area contributed by atoms with E-state index in [4.69, 9.17) is 15.4 Å². The Bertz CT molecular complexity index is 1020. The van der Waals surface area contributed by atoms with Crippen molar-refractivity contribution in [1.29, 1.82) is 0 Å². The molecular weight excluding hydrogens is 435 g/mol. The van der Waals surface area contributed by atoms with Crippen molar-refractivity contribution in [3.05, 3.63) is 16.7 Å². The minimum Gasteiger partial charge on any atom is -0.374 e. The fourth-order valence-electron chi connectivity index (χ4n) is 4.13. The SMILES string of the molecule is [2H]C[C@H]1O[C@@H](n2cnc3c(=O)[nH]c(NC(C)=O)nc32)[C@@H](OC)C1OP(C)N(C(C)C)C(C)C. The first-order valence-electron chi connectivity index (χ1n) is 11.2. The number of methoxy groups -OCH3 is 1. The van der Waals surface area contributed by atoms with E-state index in [0.29, 0.717) is 0 Å². The minimum absolute atomic E-state index is 0.0140. The van der Waals surface area contributed by atoms with Crippen LogP contribution in [0.3, 0.4) is 0 Å². The molecule has 11 nitrogen and oxygen atoms in total. The van der Waals surface area contributed by atoms with Crippen LogP contribution in [0.1, 0.15) is 49.1 Å². The van der Waals surface area contributed by atoms with Gasteiger partial charge < -0.3 is 14.0 Å². The second kappa shape index (κ2) is 9.93. The summed E-state index contributed by atoms with van der Waals surface area (Å²) in [6, 6.07) is 0.575. The van der Waals surface area contributed by atoms with Gasteiger partial charge in [0.2, 0.25) is 11.9 Å². The lowest BCUT2D eigenvalue weighted by atomic mass is 10.1. The molecule has 1 fully saturated rings. The number of carbonyl (C=O) groups is 1. The predicted octanol–water partition coefficient (Wildman–Crippen LogP) is 2.46. The monoisotopic (exact) mass is 469 g/mol. The molecule has 0 bridgehead atoms. The number of ether oxygens (including phenoxy) is 2. The Labute approximate surface area is 190 Å². The van der Waals surface area contributed by atoms with Crippen molar-refractivity contribution in [3.8, 4) is 0 Å². The molecule has 2 aromatic heterocycles. The topological polar surface area (TPSA) is 124 Å². The largest absolute Gasteiger partial charge is 0.374 e. The zero-order chi connectivity index (χ0) is 24.4. The Morgan fingerprint density at radius 1 is 1.38 bits per heavy atom. The number of anilines is 1. The van der Waals surface area contributed by atoms with Crippen LogP contribution < -0.4 is 10.9 Å². The van der Waals surface area contributed by atoms with Crippen molar-refractivity contribution in [3.63, 3.8) is 0 Å². The highest BCUT2D eigenvalue weighted by Crippen LogP contribution is 2.46. The normalized spacial score (nSPS) is 25.1. The maximum atomic E-state index is 12.4. The predicted molar refractivity (Wildman–Crippen MR) is 123 cm³/mol. The van der Waals surface area contributed by atoms with E-state index in [1.165, 1.54) is 13.3 Å². The number of nitrogens with zero attached hydrogens (tertiary/aromatic N) is 4. The average Bonchev–Trinajstić information content (AvgIpc) is 3.27. The van der Waals surface area contributed by atoms with Gasteiger partial charge in [0.05, 0.1) is 12.4 Å². The molecule has 0 saturated carbocycles. The molecule has 178 valence electrons. The first-order valence-corrected chi connectivity index (χ1v) is 12.2. The lowest BCUT2D eigenvalue weighted by Crippen LogP contribution is -2.38. The summed E-state index contributed by atoms with van der Waals surface area (Å²) in [6.07, 6.45) is -0.861. The molecule has 1 aliphatic heterocycles. The fourth-order valence-corrected chi connectivity index (χ4v) is 6.14. The lowest BCUT2D eigenvalue weighted by molar-refractivity contribution is -0.114. The molecule has 3 rings (SSSR count). The number of nitrogens with one attached hydrogen (secondary N) is 2.